The number of fused-ring (bicyclic) bond motifs is 2. The van der Waals surface area contributed by atoms with Gasteiger partial charge in [-0.25, -0.2) is 36.6 Å². The van der Waals surface area contributed by atoms with Crippen molar-refractivity contribution in [1.82, 2.24) is 25.0 Å². The van der Waals surface area contributed by atoms with E-state index in [4.69, 9.17) is 17.4 Å². The highest BCUT2D eigenvalue weighted by Crippen LogP contribution is 2.28. The number of alkyl halides is 4. The highest BCUT2D eigenvalue weighted by Gasteiger charge is 2.20. The van der Waals surface area contributed by atoms with E-state index < -0.39 is 36.2 Å². The summed E-state index contributed by atoms with van der Waals surface area (Å²) in [5.41, 5.74) is 2.86. The number of nitrogens with zero attached hydrogens (tertiary/aromatic N) is 4. The normalized spacial score (nSPS) is 11.3. The van der Waals surface area contributed by atoms with Gasteiger partial charge < -0.3 is 0 Å². The van der Waals surface area contributed by atoms with E-state index in [0.717, 1.165) is 18.2 Å². The van der Waals surface area contributed by atoms with Gasteiger partial charge in [0.1, 0.15) is 23.1 Å². The number of nitrogen functional groups attached to an aromatic ring is 1. The van der Waals surface area contributed by atoms with Gasteiger partial charge in [-0.3, -0.25) is 24.4 Å². The van der Waals surface area contributed by atoms with Crippen LogP contribution < -0.4 is 11.3 Å². The number of carbonyl (C=O) groups is 2. The van der Waals surface area contributed by atoms with Gasteiger partial charge in [0.2, 0.25) is 0 Å². The van der Waals surface area contributed by atoms with Crippen LogP contribution in [0.5, 0.6) is 0 Å². The molecule has 16 heteroatoms. The molecule has 0 bridgehead atoms. The Labute approximate surface area is 271 Å². The minimum atomic E-state index is -2.68. The van der Waals surface area contributed by atoms with E-state index in [1.807, 2.05) is 5.43 Å². The lowest BCUT2D eigenvalue weighted by molar-refractivity contribution is 0.0949. The Morgan fingerprint density at radius 3 is 1.88 bits per heavy atom. The number of carbonyl (C=O) groups excluding carboxylic acids is 2. The topological polar surface area (TPSA) is 108 Å². The number of nitrogens with one attached hydrogen (secondary N) is 1. The molecule has 248 valence electrons. The SMILES string of the molecule is NNC(=O)c1nn(Cc2ccc(F)cc2Cl)c2cc(C(F)F)ccc12.O=Cc1nn(Cc2ccc(F)cc2F)c2cc(C(F)F)ccc12. The highest BCUT2D eigenvalue weighted by atomic mass is 35.5. The van der Waals surface area contributed by atoms with Gasteiger partial charge in [0, 0.05) is 38.6 Å². The van der Waals surface area contributed by atoms with Crippen molar-refractivity contribution in [1.29, 1.82) is 0 Å². The molecular weight excluding hydrogens is 669 g/mol. The van der Waals surface area contributed by atoms with Gasteiger partial charge >= 0.3 is 0 Å². The van der Waals surface area contributed by atoms with E-state index in [0.29, 0.717) is 28.1 Å². The Kier molecular flexibility index (Phi) is 10.1. The lowest BCUT2D eigenvalue weighted by Crippen LogP contribution is -2.30. The van der Waals surface area contributed by atoms with Crippen LogP contribution in [0.1, 0.15) is 56.1 Å². The van der Waals surface area contributed by atoms with Gasteiger partial charge in [-0.15, -0.1) is 0 Å². The molecule has 0 unspecified atom stereocenters. The molecule has 0 radical (unpaired) electrons. The minimum absolute atomic E-state index is 0.00319. The van der Waals surface area contributed by atoms with E-state index in [2.05, 4.69) is 10.2 Å². The summed E-state index contributed by atoms with van der Waals surface area (Å²) in [7, 11) is 0. The Morgan fingerprint density at radius 2 is 1.31 bits per heavy atom. The molecule has 0 saturated heterocycles. The third-order valence-electron chi connectivity index (χ3n) is 7.21. The molecule has 6 rings (SSSR count). The fourth-order valence-electron chi connectivity index (χ4n) is 4.87. The number of benzene rings is 4. The zero-order valence-corrected chi connectivity index (χ0v) is 25.0. The molecule has 6 aromatic rings. The summed E-state index contributed by atoms with van der Waals surface area (Å²) >= 11 is 6.01. The van der Waals surface area contributed by atoms with Crippen molar-refractivity contribution >= 4 is 45.6 Å². The molecule has 0 fully saturated rings. The second-order valence-corrected chi connectivity index (χ2v) is 10.7. The van der Waals surface area contributed by atoms with E-state index in [9.17, 15) is 40.3 Å². The zero-order chi connectivity index (χ0) is 34.7. The molecule has 2 heterocycles. The summed E-state index contributed by atoms with van der Waals surface area (Å²) in [6, 6.07) is 14.6. The predicted molar refractivity (Wildman–Crippen MR) is 162 cm³/mol. The maximum atomic E-state index is 13.8. The smallest absolute Gasteiger partial charge is 0.286 e. The number of rotatable bonds is 8. The standard InChI is InChI=1S/C16H12ClF3N4O.C16H10F4N2O/c17-12-6-10(18)3-1-9(12)7-24-13-5-8(15(19)20)2-4-11(13)14(23-24)16(25)22-21;17-11-3-1-10(13(18)6-11)7-22-15-5-9(16(19)20)2-4-12(15)14(8-23)21-22/h1-6,15H,7,21H2,(H,22,25);1-6,8,16H,7H2. The molecule has 0 aliphatic rings. The van der Waals surface area contributed by atoms with Gasteiger partial charge in [-0.1, -0.05) is 35.9 Å². The molecular formula is C32H22ClF7N6O2. The van der Waals surface area contributed by atoms with Gasteiger partial charge in [0.15, 0.2) is 12.0 Å². The number of hydrazine groups is 1. The number of nitrogens with two attached hydrogens (primary N) is 1. The predicted octanol–water partition coefficient (Wildman–Crippen LogP) is 7.53. The first-order chi connectivity index (χ1) is 22.9. The van der Waals surface area contributed by atoms with Crippen molar-refractivity contribution in [2.24, 2.45) is 5.84 Å². The van der Waals surface area contributed by atoms with Crippen LogP contribution in [-0.2, 0) is 13.1 Å². The number of hydrogen-bond acceptors (Lipinski definition) is 5. The zero-order valence-electron chi connectivity index (χ0n) is 24.3. The van der Waals surface area contributed by atoms with Crippen LogP contribution in [0, 0.1) is 17.5 Å². The van der Waals surface area contributed by atoms with E-state index in [1.54, 1.807) is 0 Å². The first kappa shape index (κ1) is 34.1. The lowest BCUT2D eigenvalue weighted by Gasteiger charge is -2.07. The van der Waals surface area contributed by atoms with Crippen LogP contribution in [0.15, 0.2) is 72.8 Å². The number of aromatic nitrogens is 4. The molecule has 0 spiro atoms. The summed E-state index contributed by atoms with van der Waals surface area (Å²) in [6.45, 7) is -0.0384. The highest BCUT2D eigenvalue weighted by molar-refractivity contribution is 6.31. The Morgan fingerprint density at radius 1 is 0.771 bits per heavy atom. The third-order valence-corrected chi connectivity index (χ3v) is 7.56. The number of amides is 1. The maximum absolute atomic E-state index is 13.8. The van der Waals surface area contributed by atoms with Crippen molar-refractivity contribution in [2.75, 3.05) is 0 Å². The van der Waals surface area contributed by atoms with Gasteiger partial charge in [0.25, 0.3) is 18.8 Å². The van der Waals surface area contributed by atoms with E-state index in [1.165, 1.54) is 64.0 Å². The van der Waals surface area contributed by atoms with Gasteiger partial charge in [-0.05, 0) is 48.0 Å². The molecule has 0 aliphatic heterocycles. The molecule has 48 heavy (non-hydrogen) atoms. The van der Waals surface area contributed by atoms with Crippen LogP contribution in [-0.4, -0.2) is 31.8 Å². The van der Waals surface area contributed by atoms with Gasteiger partial charge in [0.05, 0.1) is 24.1 Å². The fourth-order valence-corrected chi connectivity index (χ4v) is 5.09. The van der Waals surface area contributed by atoms with Crippen molar-refractivity contribution in [2.45, 2.75) is 25.9 Å². The van der Waals surface area contributed by atoms with Crippen molar-refractivity contribution < 1.29 is 40.3 Å². The second-order valence-electron chi connectivity index (χ2n) is 10.3. The average molecular weight is 691 g/mol. The van der Waals surface area contributed by atoms with Crippen LogP contribution in [0.2, 0.25) is 5.02 Å². The first-order valence-corrected chi connectivity index (χ1v) is 14.2. The van der Waals surface area contributed by atoms with Crippen LogP contribution >= 0.6 is 11.6 Å². The summed E-state index contributed by atoms with van der Waals surface area (Å²) in [4.78, 5) is 23.0. The molecule has 8 nitrogen and oxygen atoms in total. The Bertz CT molecular complexity index is 2150. The van der Waals surface area contributed by atoms with Gasteiger partial charge in [-0.2, -0.15) is 10.2 Å². The Balaban J connectivity index is 0.000000188. The molecule has 0 aliphatic carbocycles. The fraction of sp³-hybridized carbons (Fsp3) is 0.125. The molecule has 0 saturated carbocycles. The van der Waals surface area contributed by atoms with Crippen molar-refractivity contribution in [3.63, 3.8) is 0 Å². The van der Waals surface area contributed by atoms with E-state index in [-0.39, 0.29) is 51.7 Å². The van der Waals surface area contributed by atoms with Crippen LogP contribution in [0.25, 0.3) is 21.8 Å². The van der Waals surface area contributed by atoms with Crippen molar-refractivity contribution in [3.05, 3.63) is 129 Å². The van der Waals surface area contributed by atoms with E-state index >= 15 is 0 Å². The largest absolute Gasteiger partial charge is 0.296 e. The Hall–Kier alpha value is -5.28. The summed E-state index contributed by atoms with van der Waals surface area (Å²) in [5.74, 6) is 2.50. The monoisotopic (exact) mass is 690 g/mol. The molecule has 0 atom stereocenters. The second kappa shape index (κ2) is 14.2. The molecule has 2 aromatic heterocycles. The molecule has 3 N–H and O–H groups in total. The summed E-state index contributed by atoms with van der Waals surface area (Å²) in [5, 5.41) is 9.08. The first-order valence-electron chi connectivity index (χ1n) is 13.8. The van der Waals surface area contributed by atoms with Crippen LogP contribution in [0.3, 0.4) is 0 Å². The van der Waals surface area contributed by atoms with Crippen molar-refractivity contribution in [3.8, 4) is 0 Å². The molecule has 4 aromatic carbocycles. The summed E-state index contributed by atoms with van der Waals surface area (Å²) in [6.07, 6.45) is -4.85. The molecule has 1 amide bonds. The number of hydrogen-bond donors (Lipinski definition) is 2. The maximum Gasteiger partial charge on any atom is 0.286 e. The minimum Gasteiger partial charge on any atom is -0.296 e. The number of aldehydes is 1. The lowest BCUT2D eigenvalue weighted by atomic mass is 10.1. The summed E-state index contributed by atoms with van der Waals surface area (Å²) < 4.78 is 94.2. The quantitative estimate of drug-likeness (QED) is 0.0565. The average Bonchev–Trinajstić information content (AvgIpc) is 3.60. The number of halogens is 8. The van der Waals surface area contributed by atoms with Crippen LogP contribution in [0.4, 0.5) is 30.7 Å². The third kappa shape index (κ3) is 7.16.